The lowest BCUT2D eigenvalue weighted by atomic mass is 10.0. The van der Waals surface area contributed by atoms with Gasteiger partial charge in [0.1, 0.15) is 0 Å². The Balaban J connectivity index is 2.41. The van der Waals surface area contributed by atoms with Crippen LogP contribution in [0.2, 0.25) is 0 Å². The van der Waals surface area contributed by atoms with Gasteiger partial charge in [0.2, 0.25) is 0 Å². The molecule has 3 heteroatoms. The zero-order chi connectivity index (χ0) is 12.7. The van der Waals surface area contributed by atoms with Gasteiger partial charge in [-0.25, -0.2) is 0 Å². The highest BCUT2D eigenvalue weighted by Crippen LogP contribution is 2.35. The molecule has 1 atom stereocenters. The Labute approximate surface area is 130 Å². The van der Waals surface area contributed by atoms with Gasteiger partial charge in [-0.2, -0.15) is 0 Å². The van der Waals surface area contributed by atoms with Gasteiger partial charge in [-0.05, 0) is 30.2 Å². The molecular weight excluding hydrogens is 408 g/mol. The van der Waals surface area contributed by atoms with E-state index in [1.165, 1.54) is 48.6 Å². The fourth-order valence-corrected chi connectivity index (χ4v) is 3.75. The number of hydrogen-bond donors (Lipinski definition) is 0. The van der Waals surface area contributed by atoms with E-state index in [4.69, 9.17) is 0 Å². The van der Waals surface area contributed by atoms with Crippen LogP contribution in [0.15, 0.2) is 27.1 Å². The smallest absolute Gasteiger partial charge is 0.0406 e. The van der Waals surface area contributed by atoms with Crippen LogP contribution in [0.5, 0.6) is 0 Å². The molecule has 0 aliphatic rings. The second kappa shape index (κ2) is 8.71. The molecule has 17 heavy (non-hydrogen) atoms. The van der Waals surface area contributed by atoms with Crippen LogP contribution in [-0.4, -0.2) is 0 Å². The van der Waals surface area contributed by atoms with Crippen LogP contribution in [-0.2, 0) is 0 Å². The summed E-state index contributed by atoms with van der Waals surface area (Å²) in [5.41, 5.74) is 1.34. The van der Waals surface area contributed by atoms with Crippen molar-refractivity contribution in [1.82, 2.24) is 0 Å². The van der Waals surface area contributed by atoms with Crippen LogP contribution in [0, 0.1) is 0 Å². The summed E-state index contributed by atoms with van der Waals surface area (Å²) >= 11 is 10.9. The molecule has 0 aliphatic carbocycles. The van der Waals surface area contributed by atoms with Crippen molar-refractivity contribution in [3.05, 3.63) is 32.7 Å². The molecule has 1 aromatic carbocycles. The van der Waals surface area contributed by atoms with E-state index in [1.54, 1.807) is 0 Å². The maximum Gasteiger partial charge on any atom is 0.0406 e. The molecule has 0 aromatic heterocycles. The number of halogens is 3. The summed E-state index contributed by atoms with van der Waals surface area (Å²) in [5.74, 6) is 0. The predicted octanol–water partition coefficient (Wildman–Crippen LogP) is 7.01. The lowest BCUT2D eigenvalue weighted by Gasteiger charge is -2.12. The SMILES string of the molecule is CCCCCCCC(Br)c1cc(Br)ccc1Br. The number of alkyl halides is 1. The second-order valence-corrected chi connectivity index (χ2v) is 7.21. The minimum Gasteiger partial charge on any atom is -0.0838 e. The molecule has 0 radical (unpaired) electrons. The van der Waals surface area contributed by atoms with Gasteiger partial charge in [-0.3, -0.25) is 0 Å². The van der Waals surface area contributed by atoms with Gasteiger partial charge in [0.05, 0.1) is 0 Å². The van der Waals surface area contributed by atoms with Gasteiger partial charge >= 0.3 is 0 Å². The lowest BCUT2D eigenvalue weighted by molar-refractivity contribution is 0.605. The van der Waals surface area contributed by atoms with Crippen molar-refractivity contribution in [3.63, 3.8) is 0 Å². The minimum atomic E-state index is 0.455. The second-order valence-electron chi connectivity index (χ2n) is 4.34. The monoisotopic (exact) mass is 424 g/mol. The molecule has 0 fully saturated rings. The van der Waals surface area contributed by atoms with Gasteiger partial charge in [0.15, 0.2) is 0 Å². The van der Waals surface area contributed by atoms with E-state index in [2.05, 4.69) is 72.9 Å². The van der Waals surface area contributed by atoms with E-state index in [-0.39, 0.29) is 0 Å². The van der Waals surface area contributed by atoms with E-state index in [1.807, 2.05) is 0 Å². The van der Waals surface area contributed by atoms with Gasteiger partial charge in [-0.1, -0.05) is 86.8 Å². The maximum atomic E-state index is 3.79. The molecule has 0 N–H and O–H groups in total. The Bertz CT molecular complexity index is 336. The maximum absolute atomic E-state index is 3.79. The Kier molecular flexibility index (Phi) is 8.05. The molecule has 96 valence electrons. The zero-order valence-electron chi connectivity index (χ0n) is 10.2. The fourth-order valence-electron chi connectivity index (χ4n) is 1.84. The molecule has 0 saturated heterocycles. The Morgan fingerprint density at radius 3 is 2.47 bits per heavy atom. The first-order valence-electron chi connectivity index (χ1n) is 6.24. The highest BCUT2D eigenvalue weighted by Gasteiger charge is 2.11. The van der Waals surface area contributed by atoms with E-state index < -0.39 is 0 Å². The largest absolute Gasteiger partial charge is 0.0838 e. The number of benzene rings is 1. The van der Waals surface area contributed by atoms with Crippen molar-refractivity contribution >= 4 is 47.8 Å². The molecule has 0 bridgehead atoms. The molecule has 0 aliphatic heterocycles. The first-order chi connectivity index (χ1) is 8.15. The predicted molar refractivity (Wildman–Crippen MR) is 86.9 cm³/mol. The summed E-state index contributed by atoms with van der Waals surface area (Å²) in [6.07, 6.45) is 7.91. The Morgan fingerprint density at radius 1 is 1.06 bits per heavy atom. The molecule has 1 rings (SSSR count). The average molecular weight is 427 g/mol. The van der Waals surface area contributed by atoms with Gasteiger partial charge in [0.25, 0.3) is 0 Å². The summed E-state index contributed by atoms with van der Waals surface area (Å²) < 4.78 is 2.34. The van der Waals surface area contributed by atoms with Crippen LogP contribution < -0.4 is 0 Å². The zero-order valence-corrected chi connectivity index (χ0v) is 14.9. The molecule has 1 aromatic rings. The van der Waals surface area contributed by atoms with Crippen molar-refractivity contribution in [2.45, 2.75) is 50.3 Å². The van der Waals surface area contributed by atoms with Crippen LogP contribution in [0.4, 0.5) is 0 Å². The van der Waals surface area contributed by atoms with Gasteiger partial charge < -0.3 is 0 Å². The van der Waals surface area contributed by atoms with Crippen LogP contribution in [0.25, 0.3) is 0 Å². The summed E-state index contributed by atoms with van der Waals surface area (Å²) in [6.45, 7) is 2.26. The molecule has 1 unspecified atom stereocenters. The summed E-state index contributed by atoms with van der Waals surface area (Å²) in [6, 6.07) is 6.36. The van der Waals surface area contributed by atoms with Crippen molar-refractivity contribution < 1.29 is 0 Å². The van der Waals surface area contributed by atoms with Gasteiger partial charge in [-0.15, -0.1) is 0 Å². The standard InChI is InChI=1S/C14H19Br3/c1-2-3-4-5-6-7-13(16)12-10-11(15)8-9-14(12)17/h8-10,13H,2-7H2,1H3. The lowest BCUT2D eigenvalue weighted by Crippen LogP contribution is -1.92. The quantitative estimate of drug-likeness (QED) is 0.325. The highest BCUT2D eigenvalue weighted by atomic mass is 79.9. The molecule has 0 spiro atoms. The van der Waals surface area contributed by atoms with Gasteiger partial charge in [0, 0.05) is 13.8 Å². The van der Waals surface area contributed by atoms with Crippen molar-refractivity contribution in [1.29, 1.82) is 0 Å². The van der Waals surface area contributed by atoms with E-state index in [0.717, 1.165) is 4.47 Å². The fraction of sp³-hybridized carbons (Fsp3) is 0.571. The number of hydrogen-bond acceptors (Lipinski definition) is 0. The molecular formula is C14H19Br3. The number of rotatable bonds is 7. The van der Waals surface area contributed by atoms with Crippen LogP contribution in [0.1, 0.15) is 55.8 Å². The van der Waals surface area contributed by atoms with E-state index >= 15 is 0 Å². The van der Waals surface area contributed by atoms with Crippen molar-refractivity contribution in [2.24, 2.45) is 0 Å². The Morgan fingerprint density at radius 2 is 1.76 bits per heavy atom. The summed E-state index contributed by atoms with van der Waals surface area (Å²) in [4.78, 5) is 0.455. The molecule has 0 heterocycles. The highest BCUT2D eigenvalue weighted by molar-refractivity contribution is 9.11. The topological polar surface area (TPSA) is 0 Å². The first kappa shape index (κ1) is 15.7. The third-order valence-corrected chi connectivity index (χ3v) is 5.02. The van der Waals surface area contributed by atoms with E-state index in [9.17, 15) is 0 Å². The third kappa shape index (κ3) is 5.89. The van der Waals surface area contributed by atoms with Crippen LogP contribution in [0.3, 0.4) is 0 Å². The Hall–Kier alpha value is 0.660. The third-order valence-electron chi connectivity index (χ3n) is 2.86. The first-order valence-corrected chi connectivity index (χ1v) is 8.74. The van der Waals surface area contributed by atoms with Crippen molar-refractivity contribution in [3.8, 4) is 0 Å². The number of unbranched alkanes of at least 4 members (excludes halogenated alkanes) is 4. The van der Waals surface area contributed by atoms with Crippen molar-refractivity contribution in [2.75, 3.05) is 0 Å². The molecule has 0 nitrogen and oxygen atoms in total. The van der Waals surface area contributed by atoms with E-state index in [0.29, 0.717) is 4.83 Å². The van der Waals surface area contributed by atoms with Crippen LogP contribution >= 0.6 is 47.8 Å². The summed E-state index contributed by atoms with van der Waals surface area (Å²) in [5, 5.41) is 0. The minimum absolute atomic E-state index is 0.455. The summed E-state index contributed by atoms with van der Waals surface area (Å²) in [7, 11) is 0. The molecule has 0 amide bonds. The molecule has 0 saturated carbocycles. The average Bonchev–Trinajstić information content (AvgIpc) is 2.32. The normalized spacial score (nSPS) is 12.7.